The lowest BCUT2D eigenvalue weighted by Crippen LogP contribution is -2.41. The maximum absolute atomic E-state index is 12.8. The lowest BCUT2D eigenvalue weighted by Gasteiger charge is -2.33. The van der Waals surface area contributed by atoms with Gasteiger partial charge in [0.25, 0.3) is 5.91 Å². The SMILES string of the molecule is O=C(COc1ccccc1)N1CCCC[C@@H]1c1nc(-c2ccc(Br)cc2)no1. The van der Waals surface area contributed by atoms with E-state index in [1.54, 1.807) is 4.90 Å². The molecule has 1 saturated heterocycles. The van der Waals surface area contributed by atoms with Crippen molar-refractivity contribution >= 4 is 21.8 Å². The van der Waals surface area contributed by atoms with Crippen molar-refractivity contribution < 1.29 is 14.1 Å². The van der Waals surface area contributed by atoms with Crippen molar-refractivity contribution in [2.24, 2.45) is 0 Å². The number of para-hydroxylation sites is 1. The third kappa shape index (κ3) is 4.25. The largest absolute Gasteiger partial charge is 0.484 e. The lowest BCUT2D eigenvalue weighted by molar-refractivity contribution is -0.138. The number of aromatic nitrogens is 2. The molecule has 1 atom stereocenters. The van der Waals surface area contributed by atoms with Crippen molar-refractivity contribution in [2.75, 3.05) is 13.2 Å². The molecule has 1 aliphatic heterocycles. The molecule has 3 aromatic rings. The molecule has 0 aliphatic carbocycles. The summed E-state index contributed by atoms with van der Waals surface area (Å²) in [6.07, 6.45) is 2.78. The van der Waals surface area contributed by atoms with Crippen LogP contribution in [-0.2, 0) is 4.79 Å². The van der Waals surface area contributed by atoms with Crippen molar-refractivity contribution in [1.82, 2.24) is 15.0 Å². The Morgan fingerprint density at radius 1 is 1.14 bits per heavy atom. The zero-order chi connectivity index (χ0) is 19.3. The predicted molar refractivity (Wildman–Crippen MR) is 108 cm³/mol. The van der Waals surface area contributed by atoms with Gasteiger partial charge in [-0.3, -0.25) is 4.79 Å². The minimum absolute atomic E-state index is 0.00573. The van der Waals surface area contributed by atoms with Crippen molar-refractivity contribution in [3.8, 4) is 17.1 Å². The highest BCUT2D eigenvalue weighted by Gasteiger charge is 2.32. The molecule has 0 saturated carbocycles. The van der Waals surface area contributed by atoms with E-state index in [0.717, 1.165) is 29.3 Å². The first-order valence-corrected chi connectivity index (χ1v) is 10.1. The third-order valence-corrected chi connectivity index (χ3v) is 5.29. The van der Waals surface area contributed by atoms with Crippen LogP contribution in [0.5, 0.6) is 5.75 Å². The molecule has 0 N–H and O–H groups in total. The molecule has 7 heteroatoms. The summed E-state index contributed by atoms with van der Waals surface area (Å²) in [7, 11) is 0. The summed E-state index contributed by atoms with van der Waals surface area (Å²) in [6.45, 7) is 0.659. The Balaban J connectivity index is 1.47. The summed E-state index contributed by atoms with van der Waals surface area (Å²) in [4.78, 5) is 19.1. The first-order chi connectivity index (χ1) is 13.7. The number of likely N-dealkylation sites (tertiary alicyclic amines) is 1. The molecular weight excluding hydrogens is 422 g/mol. The number of rotatable bonds is 5. The zero-order valence-corrected chi connectivity index (χ0v) is 16.8. The molecule has 2 aromatic carbocycles. The number of carbonyl (C=O) groups is 1. The van der Waals surface area contributed by atoms with Crippen LogP contribution in [0.25, 0.3) is 11.4 Å². The maximum atomic E-state index is 12.8. The molecule has 0 spiro atoms. The van der Waals surface area contributed by atoms with Crippen LogP contribution in [0.2, 0.25) is 0 Å². The van der Waals surface area contributed by atoms with Gasteiger partial charge in [0, 0.05) is 16.6 Å². The van der Waals surface area contributed by atoms with Crippen LogP contribution < -0.4 is 4.74 Å². The van der Waals surface area contributed by atoms with Gasteiger partial charge in [0.05, 0.1) is 0 Å². The second-order valence-electron chi connectivity index (χ2n) is 6.66. The number of hydrogen-bond donors (Lipinski definition) is 0. The minimum Gasteiger partial charge on any atom is -0.484 e. The van der Waals surface area contributed by atoms with Gasteiger partial charge in [0.2, 0.25) is 11.7 Å². The van der Waals surface area contributed by atoms with E-state index in [-0.39, 0.29) is 18.6 Å². The van der Waals surface area contributed by atoms with E-state index < -0.39 is 0 Å². The Labute approximate surface area is 171 Å². The van der Waals surface area contributed by atoms with Gasteiger partial charge in [-0.1, -0.05) is 39.3 Å². The fourth-order valence-corrected chi connectivity index (χ4v) is 3.58. The van der Waals surface area contributed by atoms with Gasteiger partial charge in [-0.15, -0.1) is 0 Å². The summed E-state index contributed by atoms with van der Waals surface area (Å²) >= 11 is 3.42. The average Bonchev–Trinajstić information content (AvgIpc) is 3.23. The number of benzene rings is 2. The molecule has 1 fully saturated rings. The topological polar surface area (TPSA) is 68.5 Å². The molecule has 1 aliphatic rings. The quantitative estimate of drug-likeness (QED) is 0.576. The van der Waals surface area contributed by atoms with Crippen molar-refractivity contribution in [2.45, 2.75) is 25.3 Å². The second-order valence-corrected chi connectivity index (χ2v) is 7.58. The van der Waals surface area contributed by atoms with Gasteiger partial charge in [0.15, 0.2) is 6.61 Å². The van der Waals surface area contributed by atoms with Crippen LogP contribution >= 0.6 is 15.9 Å². The van der Waals surface area contributed by atoms with Crippen LogP contribution in [-0.4, -0.2) is 34.1 Å². The first-order valence-electron chi connectivity index (χ1n) is 9.27. The van der Waals surface area contributed by atoms with Crippen molar-refractivity contribution in [3.05, 3.63) is 65.0 Å². The Kier molecular flexibility index (Phi) is 5.71. The van der Waals surface area contributed by atoms with Crippen LogP contribution in [0.1, 0.15) is 31.2 Å². The van der Waals surface area contributed by atoms with Gasteiger partial charge in [-0.25, -0.2) is 0 Å². The van der Waals surface area contributed by atoms with E-state index in [1.165, 1.54) is 0 Å². The number of halogens is 1. The lowest BCUT2D eigenvalue weighted by atomic mass is 10.0. The minimum atomic E-state index is -0.211. The molecule has 4 rings (SSSR count). The smallest absolute Gasteiger partial charge is 0.261 e. The van der Waals surface area contributed by atoms with Crippen molar-refractivity contribution in [3.63, 3.8) is 0 Å². The number of carbonyl (C=O) groups excluding carboxylic acids is 1. The van der Waals surface area contributed by atoms with Gasteiger partial charge in [-0.2, -0.15) is 4.98 Å². The normalized spacial score (nSPS) is 16.8. The number of piperidine rings is 1. The highest BCUT2D eigenvalue weighted by atomic mass is 79.9. The summed E-state index contributed by atoms with van der Waals surface area (Å²) in [6, 6.07) is 16.9. The van der Waals surface area contributed by atoms with E-state index in [4.69, 9.17) is 9.26 Å². The molecule has 2 heterocycles. The molecule has 0 bridgehead atoms. The Morgan fingerprint density at radius 2 is 1.93 bits per heavy atom. The molecule has 144 valence electrons. The fourth-order valence-electron chi connectivity index (χ4n) is 3.32. The first kappa shape index (κ1) is 18.7. The van der Waals surface area contributed by atoms with Gasteiger partial charge >= 0.3 is 0 Å². The number of hydrogen-bond acceptors (Lipinski definition) is 5. The Morgan fingerprint density at radius 3 is 2.71 bits per heavy atom. The second kappa shape index (κ2) is 8.56. The van der Waals surface area contributed by atoms with Crippen LogP contribution in [0.4, 0.5) is 0 Å². The summed E-state index contributed by atoms with van der Waals surface area (Å²) in [5.41, 5.74) is 0.874. The number of ether oxygens (including phenoxy) is 1. The van der Waals surface area contributed by atoms with E-state index in [9.17, 15) is 4.79 Å². The summed E-state index contributed by atoms with van der Waals surface area (Å²) in [5.74, 6) is 1.61. The van der Waals surface area contributed by atoms with Crippen LogP contribution in [0.3, 0.4) is 0 Å². The monoisotopic (exact) mass is 441 g/mol. The standard InChI is InChI=1S/C21H20BrN3O3/c22-16-11-9-15(10-12-16)20-23-21(28-24-20)18-8-4-5-13-25(18)19(26)14-27-17-6-2-1-3-7-17/h1-3,6-7,9-12,18H,4-5,8,13-14H2/t18-/m1/s1. The highest BCUT2D eigenvalue weighted by molar-refractivity contribution is 9.10. The molecular formula is C21H20BrN3O3. The van der Waals surface area contributed by atoms with Crippen LogP contribution in [0.15, 0.2) is 63.6 Å². The Hall–Kier alpha value is -2.67. The molecule has 6 nitrogen and oxygen atoms in total. The molecule has 1 amide bonds. The number of nitrogens with zero attached hydrogens (tertiary/aromatic N) is 3. The van der Waals surface area contributed by atoms with Gasteiger partial charge in [-0.05, 0) is 55.7 Å². The summed E-state index contributed by atoms with van der Waals surface area (Å²) < 4.78 is 12.1. The molecule has 28 heavy (non-hydrogen) atoms. The van der Waals surface area contributed by atoms with E-state index in [0.29, 0.717) is 24.0 Å². The van der Waals surface area contributed by atoms with Gasteiger partial charge < -0.3 is 14.2 Å². The summed E-state index contributed by atoms with van der Waals surface area (Å²) in [5, 5.41) is 4.11. The Bertz CT molecular complexity index is 928. The van der Waals surface area contributed by atoms with Gasteiger partial charge in [0.1, 0.15) is 11.8 Å². The molecule has 1 aromatic heterocycles. The predicted octanol–water partition coefficient (Wildman–Crippen LogP) is 4.63. The number of amides is 1. The fraction of sp³-hybridized carbons (Fsp3) is 0.286. The van der Waals surface area contributed by atoms with E-state index in [2.05, 4.69) is 26.1 Å². The van der Waals surface area contributed by atoms with E-state index in [1.807, 2.05) is 54.6 Å². The highest BCUT2D eigenvalue weighted by Crippen LogP contribution is 2.31. The van der Waals surface area contributed by atoms with E-state index >= 15 is 0 Å². The third-order valence-electron chi connectivity index (χ3n) is 4.76. The average molecular weight is 442 g/mol. The zero-order valence-electron chi connectivity index (χ0n) is 15.3. The van der Waals surface area contributed by atoms with Crippen LogP contribution in [0, 0.1) is 0 Å². The molecule has 0 radical (unpaired) electrons. The molecule has 0 unspecified atom stereocenters. The maximum Gasteiger partial charge on any atom is 0.261 e. The van der Waals surface area contributed by atoms with Crippen molar-refractivity contribution in [1.29, 1.82) is 0 Å².